The van der Waals surface area contributed by atoms with Gasteiger partial charge in [-0.3, -0.25) is 0 Å². The molecule has 7 nitrogen and oxygen atoms in total. The number of urea groups is 1. The van der Waals surface area contributed by atoms with Crippen LogP contribution in [-0.4, -0.2) is 39.1 Å². The zero-order chi connectivity index (χ0) is 20.0. The molecule has 0 unspecified atom stereocenters. The maximum Gasteiger partial charge on any atom is 0.319 e. The molecule has 1 aliphatic rings. The van der Waals surface area contributed by atoms with Crippen molar-refractivity contribution in [1.29, 1.82) is 0 Å². The van der Waals surface area contributed by atoms with Crippen molar-refractivity contribution in [2.75, 3.05) is 23.9 Å². The number of carbonyl (C=O) groups excluding carboxylic acids is 1. The molecule has 2 aromatic carbocycles. The monoisotopic (exact) mass is 403 g/mol. The Bertz CT molecular complexity index is 896. The maximum atomic E-state index is 12.0. The Kier molecular flexibility index (Phi) is 6.53. The fourth-order valence-corrected chi connectivity index (χ4v) is 4.73. The number of carbonyl (C=O) groups is 1. The smallest absolute Gasteiger partial charge is 0.319 e. The van der Waals surface area contributed by atoms with Gasteiger partial charge >= 0.3 is 6.03 Å². The minimum atomic E-state index is -2.87. The maximum absolute atomic E-state index is 12.0. The van der Waals surface area contributed by atoms with Crippen LogP contribution in [0.4, 0.5) is 10.5 Å². The minimum absolute atomic E-state index is 0.0199. The van der Waals surface area contributed by atoms with Crippen LogP contribution in [0.3, 0.4) is 0 Å². The number of ether oxygens (including phenoxy) is 1. The Morgan fingerprint density at radius 1 is 1.04 bits per heavy atom. The lowest BCUT2D eigenvalue weighted by Gasteiger charge is -2.12. The second kappa shape index (κ2) is 9.07. The highest BCUT2D eigenvalue weighted by atomic mass is 32.2. The molecule has 0 spiro atoms. The largest absolute Gasteiger partial charge is 0.497 e. The molecule has 1 heterocycles. The highest BCUT2D eigenvalue weighted by Crippen LogP contribution is 2.14. The Balaban J connectivity index is 1.42. The number of sulfone groups is 1. The minimum Gasteiger partial charge on any atom is -0.497 e. The molecule has 0 aromatic heterocycles. The molecule has 0 radical (unpaired) electrons. The zero-order valence-corrected chi connectivity index (χ0v) is 16.6. The van der Waals surface area contributed by atoms with Crippen molar-refractivity contribution in [2.24, 2.45) is 0 Å². The van der Waals surface area contributed by atoms with Crippen molar-refractivity contribution in [3.05, 3.63) is 59.7 Å². The summed E-state index contributed by atoms with van der Waals surface area (Å²) >= 11 is 0. The molecule has 1 fully saturated rings. The lowest BCUT2D eigenvalue weighted by atomic mass is 10.2. The molecule has 1 saturated heterocycles. The fourth-order valence-electron chi connectivity index (χ4n) is 3.03. The number of nitrogens with one attached hydrogen (secondary N) is 3. The van der Waals surface area contributed by atoms with Crippen LogP contribution < -0.4 is 20.7 Å². The number of methoxy groups -OCH3 is 1. The predicted octanol–water partition coefficient (Wildman–Crippen LogP) is 2.29. The van der Waals surface area contributed by atoms with E-state index in [-0.39, 0.29) is 23.6 Å². The van der Waals surface area contributed by atoms with E-state index in [1.807, 2.05) is 48.5 Å². The standard InChI is InChI=1S/C20H25N3O4S/c1-27-19-8-4-16(5-9-19)13-22-20(24)23-17-6-2-15(3-7-17)12-21-18-10-11-28(25,26)14-18/h2-9,18,21H,10-14H2,1H3,(H2,22,23,24)/t18-/m0/s1. The van der Waals surface area contributed by atoms with Crippen LogP contribution in [-0.2, 0) is 22.9 Å². The van der Waals surface area contributed by atoms with E-state index in [1.165, 1.54) is 0 Å². The van der Waals surface area contributed by atoms with Gasteiger partial charge < -0.3 is 20.7 Å². The summed E-state index contributed by atoms with van der Waals surface area (Å²) in [7, 11) is -1.26. The Morgan fingerprint density at radius 2 is 1.68 bits per heavy atom. The number of anilines is 1. The van der Waals surface area contributed by atoms with Crippen molar-refractivity contribution in [2.45, 2.75) is 25.6 Å². The van der Waals surface area contributed by atoms with Crippen LogP contribution in [0, 0.1) is 0 Å². The number of hydrogen-bond donors (Lipinski definition) is 3. The molecule has 28 heavy (non-hydrogen) atoms. The Labute approximate surface area is 165 Å². The van der Waals surface area contributed by atoms with Crippen LogP contribution in [0.1, 0.15) is 17.5 Å². The van der Waals surface area contributed by atoms with Gasteiger partial charge in [0.25, 0.3) is 0 Å². The van der Waals surface area contributed by atoms with E-state index in [0.717, 1.165) is 16.9 Å². The first-order chi connectivity index (χ1) is 13.4. The third kappa shape index (κ3) is 5.97. The van der Waals surface area contributed by atoms with Crippen molar-refractivity contribution < 1.29 is 17.9 Å². The average molecular weight is 404 g/mol. The van der Waals surface area contributed by atoms with Crippen LogP contribution in [0.15, 0.2) is 48.5 Å². The predicted molar refractivity (Wildman–Crippen MR) is 109 cm³/mol. The van der Waals surface area contributed by atoms with Gasteiger partial charge in [0.15, 0.2) is 9.84 Å². The van der Waals surface area contributed by atoms with E-state index in [1.54, 1.807) is 7.11 Å². The van der Waals surface area contributed by atoms with Crippen LogP contribution >= 0.6 is 0 Å². The lowest BCUT2D eigenvalue weighted by Crippen LogP contribution is -2.29. The van der Waals surface area contributed by atoms with Crippen molar-refractivity contribution >= 4 is 21.6 Å². The van der Waals surface area contributed by atoms with Gasteiger partial charge in [-0.2, -0.15) is 0 Å². The first-order valence-electron chi connectivity index (χ1n) is 9.14. The van der Waals surface area contributed by atoms with Gasteiger partial charge in [0.1, 0.15) is 5.75 Å². The highest BCUT2D eigenvalue weighted by Gasteiger charge is 2.27. The molecule has 0 bridgehead atoms. The molecule has 150 valence electrons. The van der Waals surface area contributed by atoms with Gasteiger partial charge in [-0.1, -0.05) is 24.3 Å². The third-order valence-corrected chi connectivity index (χ3v) is 6.42. The molecule has 2 aromatic rings. The summed E-state index contributed by atoms with van der Waals surface area (Å²) in [5.74, 6) is 1.25. The quantitative estimate of drug-likeness (QED) is 0.659. The van der Waals surface area contributed by atoms with Gasteiger partial charge in [0, 0.05) is 24.8 Å². The molecular formula is C20H25N3O4S. The highest BCUT2D eigenvalue weighted by molar-refractivity contribution is 7.91. The van der Waals surface area contributed by atoms with E-state index in [0.29, 0.717) is 25.2 Å². The van der Waals surface area contributed by atoms with Crippen molar-refractivity contribution in [3.63, 3.8) is 0 Å². The zero-order valence-electron chi connectivity index (χ0n) is 15.8. The van der Waals surface area contributed by atoms with E-state index >= 15 is 0 Å². The molecule has 8 heteroatoms. The summed E-state index contributed by atoms with van der Waals surface area (Å²) < 4.78 is 28.1. The van der Waals surface area contributed by atoms with Crippen molar-refractivity contribution in [1.82, 2.24) is 10.6 Å². The van der Waals surface area contributed by atoms with E-state index < -0.39 is 9.84 Å². The molecule has 3 N–H and O–H groups in total. The summed E-state index contributed by atoms with van der Waals surface area (Å²) in [6.07, 6.45) is 0.663. The molecule has 0 saturated carbocycles. The van der Waals surface area contributed by atoms with Crippen LogP contribution in [0.2, 0.25) is 0 Å². The molecule has 1 aliphatic heterocycles. The Hall–Kier alpha value is -2.58. The summed E-state index contributed by atoms with van der Waals surface area (Å²) in [4.78, 5) is 12.0. The first-order valence-corrected chi connectivity index (χ1v) is 11.0. The second-order valence-corrected chi connectivity index (χ2v) is 9.06. The first kappa shape index (κ1) is 20.2. The number of amides is 2. The summed E-state index contributed by atoms with van der Waals surface area (Å²) in [6, 6.07) is 14.7. The molecule has 1 atom stereocenters. The molecule has 0 aliphatic carbocycles. The van der Waals surface area contributed by atoms with Gasteiger partial charge in [-0.05, 0) is 41.8 Å². The molecule has 2 amide bonds. The summed E-state index contributed by atoms with van der Waals surface area (Å²) in [5.41, 5.74) is 2.71. The van der Waals surface area contributed by atoms with Gasteiger partial charge in [0.05, 0.1) is 18.6 Å². The Morgan fingerprint density at radius 3 is 2.29 bits per heavy atom. The normalized spacial score (nSPS) is 17.8. The van der Waals surface area contributed by atoms with E-state index in [9.17, 15) is 13.2 Å². The second-order valence-electron chi connectivity index (χ2n) is 6.83. The number of benzene rings is 2. The van der Waals surface area contributed by atoms with Crippen LogP contribution in [0.25, 0.3) is 0 Å². The number of hydrogen-bond acceptors (Lipinski definition) is 5. The van der Waals surface area contributed by atoms with Gasteiger partial charge in [-0.15, -0.1) is 0 Å². The van der Waals surface area contributed by atoms with Crippen molar-refractivity contribution in [3.8, 4) is 5.75 Å². The summed E-state index contributed by atoms with van der Waals surface area (Å²) in [6.45, 7) is 1.02. The molecule has 3 rings (SSSR count). The number of rotatable bonds is 7. The fraction of sp³-hybridized carbons (Fsp3) is 0.350. The summed E-state index contributed by atoms with van der Waals surface area (Å²) in [5, 5.41) is 8.88. The average Bonchev–Trinajstić information content (AvgIpc) is 3.05. The van der Waals surface area contributed by atoms with E-state index in [4.69, 9.17) is 4.74 Å². The van der Waals surface area contributed by atoms with Gasteiger partial charge in [-0.25, -0.2) is 13.2 Å². The topological polar surface area (TPSA) is 96.5 Å². The van der Waals surface area contributed by atoms with E-state index in [2.05, 4.69) is 16.0 Å². The molecular weight excluding hydrogens is 378 g/mol. The third-order valence-electron chi connectivity index (χ3n) is 4.65. The SMILES string of the molecule is COc1ccc(CNC(=O)Nc2ccc(CN[C@H]3CCS(=O)(=O)C3)cc2)cc1. The van der Waals surface area contributed by atoms with Crippen LogP contribution in [0.5, 0.6) is 5.75 Å². The van der Waals surface area contributed by atoms with Gasteiger partial charge in [0.2, 0.25) is 0 Å². The lowest BCUT2D eigenvalue weighted by molar-refractivity contribution is 0.251.